The Kier molecular flexibility index (Phi) is 1.13. The maximum absolute atomic E-state index is 9.01. The van der Waals surface area contributed by atoms with Crippen molar-refractivity contribution in [3.8, 4) is 5.75 Å². The average molecular weight is 150 g/mol. The fourth-order valence-electron chi connectivity index (χ4n) is 0.798. The normalized spacial score (nSPS) is 12.8. The number of nitrogens with zero attached hydrogens (tertiary/aromatic N) is 1. The lowest BCUT2D eigenvalue weighted by molar-refractivity contribution is 0.474. The van der Waals surface area contributed by atoms with Gasteiger partial charge in [-0.2, -0.15) is 0 Å². The summed E-state index contributed by atoms with van der Waals surface area (Å²) in [7, 11) is 0. The summed E-state index contributed by atoms with van der Waals surface area (Å²) >= 11 is 1.41. The number of aromatic hydroxyl groups is 1. The van der Waals surface area contributed by atoms with Crippen LogP contribution in [0.2, 0.25) is 0 Å². The SMILES string of the molecule is Oc1ccc2c(c1)S[C+]=N2. The lowest BCUT2D eigenvalue weighted by Crippen LogP contribution is -1.66. The van der Waals surface area contributed by atoms with E-state index >= 15 is 0 Å². The fraction of sp³-hybridized carbons (Fsp3) is 0. The van der Waals surface area contributed by atoms with Gasteiger partial charge in [0.1, 0.15) is 17.5 Å². The molecule has 1 aliphatic heterocycles. The molecule has 0 aromatic heterocycles. The summed E-state index contributed by atoms with van der Waals surface area (Å²) in [5.41, 5.74) is 3.64. The first kappa shape index (κ1) is 5.71. The lowest BCUT2D eigenvalue weighted by atomic mass is 10.3. The van der Waals surface area contributed by atoms with Gasteiger partial charge in [0.25, 0.3) is 5.55 Å². The number of hydrogen-bond acceptors (Lipinski definition) is 3. The molecule has 0 unspecified atom stereocenters. The van der Waals surface area contributed by atoms with Crippen molar-refractivity contribution in [1.82, 2.24) is 0 Å². The van der Waals surface area contributed by atoms with Crippen LogP contribution < -0.4 is 0 Å². The topological polar surface area (TPSA) is 32.6 Å². The largest absolute Gasteiger partial charge is 0.508 e. The van der Waals surface area contributed by atoms with Crippen molar-refractivity contribution in [2.75, 3.05) is 0 Å². The highest BCUT2D eigenvalue weighted by Crippen LogP contribution is 2.36. The van der Waals surface area contributed by atoms with Crippen molar-refractivity contribution in [3.63, 3.8) is 0 Å². The van der Waals surface area contributed by atoms with Crippen LogP contribution in [-0.4, -0.2) is 10.7 Å². The summed E-state index contributed by atoms with van der Waals surface area (Å²) in [6.07, 6.45) is 0. The van der Waals surface area contributed by atoms with Gasteiger partial charge in [0.05, 0.1) is 6.07 Å². The Bertz CT molecular complexity index is 296. The standard InChI is InChI=1S/C7H3NOS/c9-5-1-2-6-7(3-5)10-4-8-6/h1-3H/p+1. The van der Waals surface area contributed by atoms with Gasteiger partial charge in [-0.3, -0.25) is 0 Å². The van der Waals surface area contributed by atoms with E-state index in [-0.39, 0.29) is 5.75 Å². The van der Waals surface area contributed by atoms with Crippen molar-refractivity contribution in [2.45, 2.75) is 4.90 Å². The lowest BCUT2D eigenvalue weighted by Gasteiger charge is -1.86. The number of hydrogen-bond donors (Lipinski definition) is 1. The number of phenols is 1. The minimum absolute atomic E-state index is 0.283. The molecular weight excluding hydrogens is 146 g/mol. The highest BCUT2D eigenvalue weighted by Gasteiger charge is 2.19. The monoisotopic (exact) mass is 150 g/mol. The highest BCUT2D eigenvalue weighted by molar-refractivity contribution is 8.12. The summed E-state index contributed by atoms with van der Waals surface area (Å²) in [4.78, 5) is 4.91. The Balaban J connectivity index is 2.59. The Morgan fingerprint density at radius 1 is 1.50 bits per heavy atom. The predicted molar refractivity (Wildman–Crippen MR) is 41.1 cm³/mol. The third kappa shape index (κ3) is 0.764. The van der Waals surface area contributed by atoms with Gasteiger partial charge in [0.15, 0.2) is 4.90 Å². The van der Waals surface area contributed by atoms with Gasteiger partial charge in [-0.25, -0.2) is 0 Å². The summed E-state index contributed by atoms with van der Waals surface area (Å²) in [5, 5.41) is 9.01. The molecule has 0 amide bonds. The second kappa shape index (κ2) is 1.97. The molecule has 10 heavy (non-hydrogen) atoms. The smallest absolute Gasteiger partial charge is 0.272 e. The van der Waals surface area contributed by atoms with Crippen LogP contribution in [0.4, 0.5) is 5.69 Å². The Hall–Kier alpha value is -1.05. The van der Waals surface area contributed by atoms with E-state index in [1.807, 2.05) is 0 Å². The van der Waals surface area contributed by atoms with Crippen molar-refractivity contribution in [3.05, 3.63) is 18.2 Å². The van der Waals surface area contributed by atoms with Gasteiger partial charge in [-0.1, -0.05) is 0 Å². The third-order valence-corrected chi connectivity index (χ3v) is 1.99. The van der Waals surface area contributed by atoms with E-state index in [0.29, 0.717) is 0 Å². The quantitative estimate of drug-likeness (QED) is 0.574. The van der Waals surface area contributed by atoms with Crippen molar-refractivity contribution < 1.29 is 5.11 Å². The van der Waals surface area contributed by atoms with Crippen LogP contribution in [0.1, 0.15) is 0 Å². The minimum Gasteiger partial charge on any atom is -0.508 e. The first-order valence-corrected chi connectivity index (χ1v) is 3.63. The van der Waals surface area contributed by atoms with Gasteiger partial charge < -0.3 is 5.11 Å². The number of rotatable bonds is 0. The van der Waals surface area contributed by atoms with Crippen LogP contribution in [0.25, 0.3) is 0 Å². The van der Waals surface area contributed by atoms with E-state index in [4.69, 9.17) is 5.11 Å². The molecule has 1 aromatic rings. The van der Waals surface area contributed by atoms with Crippen LogP contribution in [0.5, 0.6) is 5.75 Å². The predicted octanol–water partition coefficient (Wildman–Crippen LogP) is 2.03. The van der Waals surface area contributed by atoms with Crippen LogP contribution in [0.15, 0.2) is 28.1 Å². The molecule has 48 valence electrons. The zero-order chi connectivity index (χ0) is 6.97. The number of aliphatic imine (C=N–C) groups is 1. The molecule has 0 spiro atoms. The maximum Gasteiger partial charge on any atom is 0.272 e. The van der Waals surface area contributed by atoms with Crippen LogP contribution in [0.3, 0.4) is 0 Å². The molecule has 1 aliphatic rings. The minimum atomic E-state index is 0.283. The van der Waals surface area contributed by atoms with E-state index in [1.54, 1.807) is 18.2 Å². The first-order chi connectivity index (χ1) is 4.86. The average Bonchev–Trinajstić information content (AvgIpc) is 2.33. The van der Waals surface area contributed by atoms with Gasteiger partial charge >= 0.3 is 0 Å². The number of benzene rings is 1. The Labute approximate surface area is 62.6 Å². The highest BCUT2D eigenvalue weighted by atomic mass is 32.2. The molecule has 0 saturated carbocycles. The Morgan fingerprint density at radius 2 is 2.40 bits per heavy atom. The van der Waals surface area contributed by atoms with Crippen LogP contribution >= 0.6 is 11.8 Å². The molecule has 0 aliphatic carbocycles. The number of fused-ring (bicyclic) bond motifs is 1. The Morgan fingerprint density at radius 3 is 3.30 bits per heavy atom. The molecule has 0 fully saturated rings. The molecule has 0 atom stereocenters. The van der Waals surface area contributed by atoms with Crippen molar-refractivity contribution in [2.24, 2.45) is 4.99 Å². The molecule has 2 rings (SSSR count). The molecule has 1 heterocycles. The molecular formula is C7H4NOS+. The van der Waals surface area contributed by atoms with Crippen molar-refractivity contribution >= 4 is 23.0 Å². The zero-order valence-corrected chi connectivity index (χ0v) is 5.85. The van der Waals surface area contributed by atoms with Gasteiger partial charge in [-0.05, 0) is 0 Å². The van der Waals surface area contributed by atoms with Gasteiger partial charge in [-0.15, -0.1) is 0 Å². The van der Waals surface area contributed by atoms with E-state index < -0.39 is 0 Å². The molecule has 1 aromatic carbocycles. The maximum atomic E-state index is 9.01. The van der Waals surface area contributed by atoms with Gasteiger partial charge in [0.2, 0.25) is 5.69 Å². The van der Waals surface area contributed by atoms with E-state index in [9.17, 15) is 0 Å². The van der Waals surface area contributed by atoms with Gasteiger partial charge in [0, 0.05) is 17.1 Å². The van der Waals surface area contributed by atoms with E-state index in [0.717, 1.165) is 10.6 Å². The second-order valence-electron chi connectivity index (χ2n) is 1.96. The molecule has 0 radical (unpaired) electrons. The molecule has 3 heteroatoms. The summed E-state index contributed by atoms with van der Waals surface area (Å²) in [5.74, 6) is 0.283. The molecule has 0 saturated heterocycles. The first-order valence-electron chi connectivity index (χ1n) is 2.82. The summed E-state index contributed by atoms with van der Waals surface area (Å²) in [6, 6.07) is 5.08. The van der Waals surface area contributed by atoms with Crippen LogP contribution in [0, 0.1) is 0 Å². The summed E-state index contributed by atoms with van der Waals surface area (Å²) in [6.45, 7) is 0. The van der Waals surface area contributed by atoms with Crippen LogP contribution in [-0.2, 0) is 0 Å². The van der Waals surface area contributed by atoms with E-state index in [1.165, 1.54) is 11.8 Å². The fourth-order valence-corrected chi connectivity index (χ4v) is 1.44. The third-order valence-electron chi connectivity index (χ3n) is 1.27. The molecule has 1 N–H and O–H groups in total. The second-order valence-corrected chi connectivity index (χ2v) is 2.78. The molecule has 0 bridgehead atoms. The molecule has 2 nitrogen and oxygen atoms in total. The van der Waals surface area contributed by atoms with Crippen molar-refractivity contribution in [1.29, 1.82) is 0 Å². The number of thioether (sulfide) groups is 1. The summed E-state index contributed by atoms with van der Waals surface area (Å²) < 4.78 is 0. The number of phenolic OH excluding ortho intramolecular Hbond substituents is 1. The van der Waals surface area contributed by atoms with E-state index in [2.05, 4.69) is 10.5 Å². The zero-order valence-electron chi connectivity index (χ0n) is 5.03.